The Labute approximate surface area is 230 Å². The van der Waals surface area contributed by atoms with E-state index in [9.17, 15) is 26.4 Å². The van der Waals surface area contributed by atoms with Crippen LogP contribution in [0.3, 0.4) is 0 Å². The molecule has 0 saturated heterocycles. The molecule has 1 amide bonds. The summed E-state index contributed by atoms with van der Waals surface area (Å²) in [4.78, 5) is 15.3. The second kappa shape index (κ2) is 11.4. The Hall–Kier alpha value is -3.77. The number of carbonyl (C=O) groups is 1. The number of sulfonamides is 1. The monoisotopic (exact) mass is 578 g/mol. The molecule has 0 spiro atoms. The Balaban J connectivity index is 1.69. The smallest absolute Gasteiger partial charge is 0.416 e. The van der Waals surface area contributed by atoms with Crippen LogP contribution in [0, 0.1) is 0 Å². The molecular weight excluding hydrogens is 549 g/mol. The first-order valence-electron chi connectivity index (χ1n) is 12.2. The van der Waals surface area contributed by atoms with Gasteiger partial charge in [-0.05, 0) is 72.1 Å². The van der Waals surface area contributed by atoms with Crippen LogP contribution in [0.4, 0.5) is 13.2 Å². The highest BCUT2D eigenvalue weighted by Crippen LogP contribution is 2.39. The van der Waals surface area contributed by atoms with E-state index in [1.54, 1.807) is 11.0 Å². The van der Waals surface area contributed by atoms with Gasteiger partial charge in [-0.1, -0.05) is 6.07 Å². The van der Waals surface area contributed by atoms with Crippen molar-refractivity contribution in [2.24, 2.45) is 0 Å². The quantitative estimate of drug-likeness (QED) is 0.382. The van der Waals surface area contributed by atoms with E-state index < -0.39 is 27.8 Å². The minimum absolute atomic E-state index is 0.00747. The fourth-order valence-electron chi connectivity index (χ4n) is 4.53. The van der Waals surface area contributed by atoms with Crippen LogP contribution in [0.2, 0.25) is 0 Å². The number of hydrogen-bond acceptors (Lipinski definition) is 6. The second-order valence-corrected chi connectivity index (χ2v) is 11.5. The topological polar surface area (TPSA) is 85.4 Å². The van der Waals surface area contributed by atoms with Crippen LogP contribution < -0.4 is 14.2 Å². The highest BCUT2D eigenvalue weighted by molar-refractivity contribution is 7.89. The third-order valence-corrected chi connectivity index (χ3v) is 8.54. The highest BCUT2D eigenvalue weighted by Gasteiger charge is 2.34. The molecule has 40 heavy (non-hydrogen) atoms. The minimum atomic E-state index is -4.53. The lowest BCUT2D eigenvalue weighted by Gasteiger charge is -2.37. The van der Waals surface area contributed by atoms with E-state index in [2.05, 4.69) is 0 Å². The molecule has 0 aromatic heterocycles. The van der Waals surface area contributed by atoms with E-state index in [0.29, 0.717) is 23.5 Å². The Morgan fingerprint density at radius 2 is 1.65 bits per heavy atom. The van der Waals surface area contributed by atoms with E-state index in [0.717, 1.165) is 22.0 Å². The van der Waals surface area contributed by atoms with Crippen LogP contribution in [0.1, 0.15) is 33.1 Å². The van der Waals surface area contributed by atoms with Gasteiger partial charge in [0.25, 0.3) is 5.91 Å². The Bertz CT molecular complexity index is 1490. The van der Waals surface area contributed by atoms with Crippen molar-refractivity contribution in [1.82, 2.24) is 9.21 Å². The lowest BCUT2D eigenvalue weighted by atomic mass is 9.91. The number of carbonyl (C=O) groups excluding carboxylic acids is 1. The van der Waals surface area contributed by atoms with Crippen molar-refractivity contribution in [3.8, 4) is 17.2 Å². The maximum absolute atomic E-state index is 13.7. The first-order chi connectivity index (χ1) is 18.9. The summed E-state index contributed by atoms with van der Waals surface area (Å²) >= 11 is 0. The molecule has 0 N–H and O–H groups in total. The van der Waals surface area contributed by atoms with Gasteiger partial charge in [0.1, 0.15) is 12.4 Å². The van der Waals surface area contributed by atoms with Crippen LogP contribution in [-0.4, -0.2) is 65.0 Å². The molecule has 1 atom stereocenters. The van der Waals surface area contributed by atoms with E-state index in [4.69, 9.17) is 14.2 Å². The van der Waals surface area contributed by atoms with Crippen LogP contribution in [-0.2, 0) is 22.6 Å². The summed E-state index contributed by atoms with van der Waals surface area (Å²) in [5, 5.41) is 0. The SMILES string of the molecule is COc1cc2c(cc1OC)[C@@H](COc1cccc(C(F)(F)F)c1)N(C(=O)c1ccc(S(=O)(=O)N(C)C)cc1)CC2. The van der Waals surface area contributed by atoms with Crippen LogP contribution in [0.25, 0.3) is 0 Å². The molecular formula is C28H29F3N2O6S. The number of benzene rings is 3. The van der Waals surface area contributed by atoms with Crippen LogP contribution in [0.15, 0.2) is 65.6 Å². The molecule has 1 heterocycles. The summed E-state index contributed by atoms with van der Waals surface area (Å²) in [6, 6.07) is 13.0. The van der Waals surface area contributed by atoms with Gasteiger partial charge in [-0.2, -0.15) is 13.2 Å². The number of nitrogens with zero attached hydrogens (tertiary/aromatic N) is 2. The molecule has 1 aliphatic heterocycles. The van der Waals surface area contributed by atoms with Crippen molar-refractivity contribution < 1.29 is 40.6 Å². The fourth-order valence-corrected chi connectivity index (χ4v) is 5.44. The Morgan fingerprint density at radius 3 is 2.25 bits per heavy atom. The van der Waals surface area contributed by atoms with Crippen molar-refractivity contribution in [1.29, 1.82) is 0 Å². The normalized spacial score (nSPS) is 15.5. The van der Waals surface area contributed by atoms with Gasteiger partial charge in [0, 0.05) is 26.2 Å². The first-order valence-corrected chi connectivity index (χ1v) is 13.7. The lowest BCUT2D eigenvalue weighted by Crippen LogP contribution is -2.42. The molecule has 0 radical (unpaired) electrons. The maximum Gasteiger partial charge on any atom is 0.416 e. The third kappa shape index (κ3) is 5.87. The predicted molar refractivity (Wildman–Crippen MR) is 141 cm³/mol. The average Bonchev–Trinajstić information content (AvgIpc) is 2.94. The number of hydrogen-bond donors (Lipinski definition) is 0. The van der Waals surface area contributed by atoms with Crippen molar-refractivity contribution in [2.45, 2.75) is 23.5 Å². The summed E-state index contributed by atoms with van der Waals surface area (Å²) in [6.07, 6.45) is -4.05. The molecule has 0 aliphatic carbocycles. The van der Waals surface area contributed by atoms with Crippen LogP contribution in [0.5, 0.6) is 17.2 Å². The number of amides is 1. The zero-order valence-electron chi connectivity index (χ0n) is 22.4. The summed E-state index contributed by atoms with van der Waals surface area (Å²) in [7, 11) is 2.14. The van der Waals surface area contributed by atoms with Gasteiger partial charge in [0.2, 0.25) is 10.0 Å². The molecule has 0 fully saturated rings. The van der Waals surface area contributed by atoms with Crippen molar-refractivity contribution >= 4 is 15.9 Å². The van der Waals surface area contributed by atoms with Gasteiger partial charge in [0.15, 0.2) is 11.5 Å². The van der Waals surface area contributed by atoms with Gasteiger partial charge < -0.3 is 19.1 Å². The molecule has 214 valence electrons. The minimum Gasteiger partial charge on any atom is -0.493 e. The molecule has 0 saturated carbocycles. The van der Waals surface area contributed by atoms with E-state index in [1.165, 1.54) is 64.7 Å². The van der Waals surface area contributed by atoms with Crippen molar-refractivity contribution in [3.63, 3.8) is 0 Å². The standard InChI is InChI=1S/C28H29F3N2O6S/c1-32(2)40(35,36)22-10-8-18(9-11-22)27(34)33-13-12-19-14-25(37-3)26(38-4)16-23(19)24(33)17-39-21-7-5-6-20(15-21)28(29,30)31/h5-11,14-16,24H,12-13,17H2,1-4H3/t24-/m1/s1. The van der Waals surface area contributed by atoms with E-state index in [1.807, 2.05) is 6.07 Å². The number of alkyl halides is 3. The molecule has 4 rings (SSSR count). The third-order valence-electron chi connectivity index (χ3n) is 6.71. The van der Waals surface area contributed by atoms with Gasteiger partial charge >= 0.3 is 6.18 Å². The van der Waals surface area contributed by atoms with E-state index in [-0.39, 0.29) is 35.3 Å². The largest absolute Gasteiger partial charge is 0.493 e. The highest BCUT2D eigenvalue weighted by atomic mass is 32.2. The van der Waals surface area contributed by atoms with Crippen molar-refractivity contribution in [2.75, 3.05) is 41.5 Å². The van der Waals surface area contributed by atoms with Gasteiger partial charge in [-0.25, -0.2) is 12.7 Å². The first kappa shape index (κ1) is 29.2. The lowest BCUT2D eigenvalue weighted by molar-refractivity contribution is -0.137. The molecule has 12 heteroatoms. The van der Waals surface area contributed by atoms with Crippen LogP contribution >= 0.6 is 0 Å². The molecule has 0 bridgehead atoms. The predicted octanol–water partition coefficient (Wildman–Crippen LogP) is 4.79. The number of rotatable bonds is 8. The number of methoxy groups -OCH3 is 2. The second-order valence-electron chi connectivity index (χ2n) is 9.32. The fraction of sp³-hybridized carbons (Fsp3) is 0.321. The number of fused-ring (bicyclic) bond motifs is 1. The van der Waals surface area contributed by atoms with Gasteiger partial charge in [0.05, 0.1) is 30.7 Å². The Morgan fingerprint density at radius 1 is 1.00 bits per heavy atom. The van der Waals surface area contributed by atoms with E-state index >= 15 is 0 Å². The summed E-state index contributed by atoms with van der Waals surface area (Å²) in [5.41, 5.74) is 0.995. The zero-order valence-corrected chi connectivity index (χ0v) is 23.2. The number of halogens is 3. The summed E-state index contributed by atoms with van der Waals surface area (Å²) < 4.78 is 82.4. The average molecular weight is 579 g/mol. The molecule has 1 aliphatic rings. The molecule has 8 nitrogen and oxygen atoms in total. The maximum atomic E-state index is 13.7. The summed E-state index contributed by atoms with van der Waals surface area (Å²) in [6.45, 7) is 0.151. The Kier molecular flexibility index (Phi) is 8.31. The van der Waals surface area contributed by atoms with Crippen molar-refractivity contribution in [3.05, 3.63) is 82.9 Å². The molecule has 3 aromatic rings. The zero-order chi connectivity index (χ0) is 29.2. The molecule has 3 aromatic carbocycles. The van der Waals surface area contributed by atoms with Gasteiger partial charge in [-0.15, -0.1) is 0 Å². The number of ether oxygens (including phenoxy) is 3. The summed E-state index contributed by atoms with van der Waals surface area (Å²) in [5.74, 6) is 0.564. The van der Waals surface area contributed by atoms with Gasteiger partial charge in [-0.3, -0.25) is 4.79 Å². The molecule has 0 unspecified atom stereocenters.